The van der Waals surface area contributed by atoms with Gasteiger partial charge in [-0.1, -0.05) is 0 Å². The summed E-state index contributed by atoms with van der Waals surface area (Å²) in [6.45, 7) is 2.72. The molecule has 76 valence electrons. The highest BCUT2D eigenvalue weighted by Crippen LogP contribution is 2.08. The van der Waals surface area contributed by atoms with Crippen molar-refractivity contribution in [2.75, 3.05) is 33.7 Å². The van der Waals surface area contributed by atoms with Crippen LogP contribution in [0, 0.1) is 0 Å². The molecule has 0 aromatic heterocycles. The molecule has 1 fully saturated rings. The summed E-state index contributed by atoms with van der Waals surface area (Å²) in [5.41, 5.74) is 5.60. The molecule has 4 heteroatoms. The number of nitrogens with zero attached hydrogens (tertiary/aromatic N) is 2. The number of rotatable bonds is 4. The van der Waals surface area contributed by atoms with Crippen LogP contribution < -0.4 is 5.73 Å². The third-order valence-electron chi connectivity index (χ3n) is 2.37. The van der Waals surface area contributed by atoms with E-state index in [1.54, 1.807) is 0 Å². The molecule has 1 amide bonds. The topological polar surface area (TPSA) is 49.6 Å². The Balaban J connectivity index is 2.19. The Hall–Kier alpha value is -0.610. The quantitative estimate of drug-likeness (QED) is 0.642. The van der Waals surface area contributed by atoms with Crippen LogP contribution in [-0.2, 0) is 4.79 Å². The second kappa shape index (κ2) is 4.58. The number of hydrogen-bond acceptors (Lipinski definition) is 3. The molecular weight excluding hydrogens is 166 g/mol. The van der Waals surface area contributed by atoms with E-state index in [-0.39, 0.29) is 11.9 Å². The van der Waals surface area contributed by atoms with Crippen molar-refractivity contribution in [2.24, 2.45) is 5.73 Å². The van der Waals surface area contributed by atoms with Gasteiger partial charge in [0.1, 0.15) is 0 Å². The fourth-order valence-corrected chi connectivity index (χ4v) is 1.56. The third kappa shape index (κ3) is 2.97. The number of hydrogen-bond donors (Lipinski definition) is 1. The summed E-state index contributed by atoms with van der Waals surface area (Å²) in [5.74, 6) is 0.124. The van der Waals surface area contributed by atoms with Crippen molar-refractivity contribution in [1.82, 2.24) is 9.80 Å². The fraction of sp³-hybridized carbons (Fsp3) is 0.889. The molecule has 0 aromatic rings. The highest BCUT2D eigenvalue weighted by atomic mass is 16.2. The highest BCUT2D eigenvalue weighted by molar-refractivity contribution is 5.83. The maximum Gasteiger partial charge on any atom is 0.239 e. The lowest BCUT2D eigenvalue weighted by atomic mass is 10.3. The monoisotopic (exact) mass is 185 g/mol. The lowest BCUT2D eigenvalue weighted by molar-refractivity contribution is -0.128. The number of carbonyl (C=O) groups excluding carboxylic acids is 1. The predicted octanol–water partition coefficient (Wildman–Crippen LogP) is -0.502. The van der Waals surface area contributed by atoms with Crippen molar-refractivity contribution < 1.29 is 4.79 Å². The molecule has 0 bridgehead atoms. The van der Waals surface area contributed by atoms with Gasteiger partial charge >= 0.3 is 0 Å². The molecule has 1 aliphatic rings. The zero-order valence-corrected chi connectivity index (χ0v) is 8.49. The van der Waals surface area contributed by atoms with Crippen LogP contribution >= 0.6 is 0 Å². The minimum atomic E-state index is -0.237. The minimum absolute atomic E-state index is 0.124. The van der Waals surface area contributed by atoms with Crippen LogP contribution in [-0.4, -0.2) is 55.5 Å². The molecule has 0 spiro atoms. The van der Waals surface area contributed by atoms with Gasteiger partial charge in [-0.25, -0.2) is 0 Å². The lowest BCUT2D eigenvalue weighted by Gasteiger charge is -2.17. The maximum absolute atomic E-state index is 11.4. The molecule has 0 aliphatic carbocycles. The van der Waals surface area contributed by atoms with E-state index in [1.807, 2.05) is 19.0 Å². The van der Waals surface area contributed by atoms with Gasteiger partial charge in [-0.05, 0) is 33.5 Å². The van der Waals surface area contributed by atoms with Gasteiger partial charge in [0.25, 0.3) is 0 Å². The summed E-state index contributed by atoms with van der Waals surface area (Å²) < 4.78 is 0. The Bertz CT molecular complexity index is 182. The third-order valence-corrected chi connectivity index (χ3v) is 2.37. The van der Waals surface area contributed by atoms with Crippen LogP contribution in [0.1, 0.15) is 12.8 Å². The maximum atomic E-state index is 11.4. The van der Waals surface area contributed by atoms with Crippen LogP contribution in [0.15, 0.2) is 0 Å². The van der Waals surface area contributed by atoms with E-state index in [1.165, 1.54) is 0 Å². The van der Waals surface area contributed by atoms with Crippen molar-refractivity contribution in [1.29, 1.82) is 0 Å². The standard InChI is InChI=1S/C9H19N3O/c1-11(2)5-3-6-12-7-4-8(10)9(12)13/h8H,3-7,10H2,1-2H3. The minimum Gasteiger partial charge on any atom is -0.341 e. The van der Waals surface area contributed by atoms with Crippen LogP contribution in [0.3, 0.4) is 0 Å². The molecular formula is C9H19N3O. The second-order valence-corrected chi connectivity index (χ2v) is 3.88. The molecule has 13 heavy (non-hydrogen) atoms. The smallest absolute Gasteiger partial charge is 0.239 e. The molecule has 2 N–H and O–H groups in total. The molecule has 1 heterocycles. The SMILES string of the molecule is CN(C)CCCN1CCC(N)C1=O. The van der Waals surface area contributed by atoms with Gasteiger partial charge in [0.15, 0.2) is 0 Å². The van der Waals surface area contributed by atoms with E-state index in [0.717, 1.165) is 32.5 Å². The van der Waals surface area contributed by atoms with Crippen molar-refractivity contribution in [2.45, 2.75) is 18.9 Å². The largest absolute Gasteiger partial charge is 0.341 e. The van der Waals surface area contributed by atoms with Crippen molar-refractivity contribution in [3.05, 3.63) is 0 Å². The Labute approximate surface area is 79.7 Å². The second-order valence-electron chi connectivity index (χ2n) is 3.88. The van der Waals surface area contributed by atoms with Gasteiger partial charge in [-0.15, -0.1) is 0 Å². The molecule has 1 saturated heterocycles. The van der Waals surface area contributed by atoms with E-state index in [9.17, 15) is 4.79 Å². The molecule has 1 rings (SSSR count). The van der Waals surface area contributed by atoms with E-state index < -0.39 is 0 Å². The van der Waals surface area contributed by atoms with Crippen molar-refractivity contribution >= 4 is 5.91 Å². The molecule has 1 unspecified atom stereocenters. The normalized spacial score (nSPS) is 23.2. The zero-order valence-electron chi connectivity index (χ0n) is 8.49. The van der Waals surface area contributed by atoms with E-state index in [0.29, 0.717) is 0 Å². The van der Waals surface area contributed by atoms with Crippen LogP contribution in [0.25, 0.3) is 0 Å². The van der Waals surface area contributed by atoms with Gasteiger partial charge in [0, 0.05) is 13.1 Å². The van der Waals surface area contributed by atoms with Crippen molar-refractivity contribution in [3.8, 4) is 0 Å². The van der Waals surface area contributed by atoms with Gasteiger partial charge in [0.2, 0.25) is 5.91 Å². The Morgan fingerprint density at radius 1 is 1.62 bits per heavy atom. The molecule has 0 saturated carbocycles. The van der Waals surface area contributed by atoms with Crippen molar-refractivity contribution in [3.63, 3.8) is 0 Å². The predicted molar refractivity (Wildman–Crippen MR) is 52.3 cm³/mol. The first-order valence-corrected chi connectivity index (χ1v) is 4.80. The summed E-state index contributed by atoms with van der Waals surface area (Å²) in [4.78, 5) is 15.4. The Morgan fingerprint density at radius 3 is 2.77 bits per heavy atom. The number of carbonyl (C=O) groups is 1. The molecule has 1 aliphatic heterocycles. The van der Waals surface area contributed by atoms with Gasteiger partial charge in [-0.2, -0.15) is 0 Å². The van der Waals surface area contributed by atoms with Gasteiger partial charge < -0.3 is 15.5 Å². The summed E-state index contributed by atoms with van der Waals surface area (Å²) in [6, 6.07) is -0.237. The van der Waals surface area contributed by atoms with Crippen LogP contribution in [0.4, 0.5) is 0 Å². The van der Waals surface area contributed by atoms with Gasteiger partial charge in [0.05, 0.1) is 6.04 Å². The van der Waals surface area contributed by atoms with E-state index in [4.69, 9.17) is 5.73 Å². The van der Waals surface area contributed by atoms with Crippen LogP contribution in [0.2, 0.25) is 0 Å². The van der Waals surface area contributed by atoms with E-state index in [2.05, 4.69) is 4.90 Å². The Kier molecular flexibility index (Phi) is 3.69. The summed E-state index contributed by atoms with van der Waals surface area (Å²) >= 11 is 0. The number of likely N-dealkylation sites (tertiary alicyclic amines) is 1. The first-order valence-electron chi connectivity index (χ1n) is 4.80. The average Bonchev–Trinajstić information content (AvgIpc) is 2.35. The summed E-state index contributed by atoms with van der Waals surface area (Å²) in [7, 11) is 4.08. The Morgan fingerprint density at radius 2 is 2.31 bits per heavy atom. The molecule has 0 radical (unpaired) electrons. The van der Waals surface area contributed by atoms with Gasteiger partial charge in [-0.3, -0.25) is 4.79 Å². The zero-order chi connectivity index (χ0) is 9.84. The molecule has 0 aromatic carbocycles. The summed E-state index contributed by atoms with van der Waals surface area (Å²) in [5, 5.41) is 0. The van der Waals surface area contributed by atoms with E-state index >= 15 is 0 Å². The van der Waals surface area contributed by atoms with Crippen LogP contribution in [0.5, 0.6) is 0 Å². The highest BCUT2D eigenvalue weighted by Gasteiger charge is 2.27. The summed E-state index contributed by atoms with van der Waals surface area (Å²) in [6.07, 6.45) is 1.85. The molecule has 1 atom stereocenters. The first-order chi connectivity index (χ1) is 6.11. The molecule has 4 nitrogen and oxygen atoms in total. The first kappa shape index (κ1) is 10.5. The fourth-order valence-electron chi connectivity index (χ4n) is 1.56. The lowest BCUT2D eigenvalue weighted by Crippen LogP contribution is -2.35. The number of amides is 1. The average molecular weight is 185 g/mol. The number of nitrogens with two attached hydrogens (primary N) is 1.